The van der Waals surface area contributed by atoms with Crippen molar-refractivity contribution in [1.82, 2.24) is 0 Å². The second-order valence-corrected chi connectivity index (χ2v) is 6.95. The molecule has 0 bridgehead atoms. The molecular formula is C19H20N2O6. The Bertz CT molecular complexity index is 888. The van der Waals surface area contributed by atoms with E-state index in [9.17, 15) is 19.5 Å². The molecule has 1 saturated carbocycles. The molecule has 1 aliphatic carbocycles. The predicted molar refractivity (Wildman–Crippen MR) is 96.7 cm³/mol. The minimum atomic E-state index is -0.978. The minimum absolute atomic E-state index is 0.158. The van der Waals surface area contributed by atoms with Gasteiger partial charge in [-0.15, -0.1) is 0 Å². The molecule has 1 aliphatic rings. The lowest BCUT2D eigenvalue weighted by molar-refractivity contribution is -0.140. The minimum Gasteiger partial charge on any atom is -0.494 e. The molecule has 142 valence electrons. The molecule has 0 spiro atoms. The average Bonchev–Trinajstić information content (AvgIpc) is 2.98. The monoisotopic (exact) mass is 372 g/mol. The van der Waals surface area contributed by atoms with Crippen LogP contribution in [0.25, 0.3) is 0 Å². The van der Waals surface area contributed by atoms with Gasteiger partial charge in [-0.1, -0.05) is 13.8 Å². The van der Waals surface area contributed by atoms with Crippen molar-refractivity contribution in [2.24, 2.45) is 17.3 Å². The fourth-order valence-electron chi connectivity index (χ4n) is 3.27. The van der Waals surface area contributed by atoms with E-state index in [1.54, 1.807) is 38.1 Å². The molecule has 3 rings (SSSR count). The number of carboxylic acids is 1. The van der Waals surface area contributed by atoms with E-state index >= 15 is 0 Å². The van der Waals surface area contributed by atoms with Crippen LogP contribution in [0, 0.1) is 17.3 Å². The van der Waals surface area contributed by atoms with Crippen LogP contribution < -0.4 is 15.4 Å². The van der Waals surface area contributed by atoms with Crippen LogP contribution in [0.2, 0.25) is 0 Å². The van der Waals surface area contributed by atoms with Crippen molar-refractivity contribution in [3.63, 3.8) is 0 Å². The summed E-state index contributed by atoms with van der Waals surface area (Å²) in [6, 6.07) is 7.88. The number of carboxylic acid groups (broad SMARTS) is 1. The number of furan rings is 1. The van der Waals surface area contributed by atoms with Crippen LogP contribution in [0.4, 0.5) is 11.4 Å². The zero-order valence-corrected chi connectivity index (χ0v) is 15.1. The molecule has 1 aromatic carbocycles. The molecule has 0 saturated heterocycles. The van der Waals surface area contributed by atoms with E-state index in [1.807, 2.05) is 0 Å². The standard InChI is InChI=1S/C19H20N2O6/c1-19(2)14(15(19)18(24)25)17(23)20-10-6-7-11(13(9-10)26-3)21-16(22)12-5-4-8-27-12/h4-9,14-15H,1-3H3,(H,20,23)(H,21,22)(H,24,25)/t14-,15-/m0/s1. The zero-order valence-electron chi connectivity index (χ0n) is 15.1. The Morgan fingerprint density at radius 2 is 1.89 bits per heavy atom. The first kappa shape index (κ1) is 18.5. The van der Waals surface area contributed by atoms with E-state index in [1.165, 1.54) is 19.4 Å². The second-order valence-electron chi connectivity index (χ2n) is 6.95. The van der Waals surface area contributed by atoms with Crippen LogP contribution >= 0.6 is 0 Å². The van der Waals surface area contributed by atoms with Crippen LogP contribution in [-0.4, -0.2) is 30.0 Å². The van der Waals surface area contributed by atoms with Crippen molar-refractivity contribution < 1.29 is 28.6 Å². The third kappa shape index (κ3) is 3.51. The van der Waals surface area contributed by atoms with Crippen molar-refractivity contribution >= 4 is 29.2 Å². The third-order valence-corrected chi connectivity index (χ3v) is 4.84. The number of rotatable bonds is 6. The van der Waals surface area contributed by atoms with Gasteiger partial charge in [-0.25, -0.2) is 0 Å². The molecule has 1 fully saturated rings. The van der Waals surface area contributed by atoms with E-state index < -0.39 is 29.1 Å². The van der Waals surface area contributed by atoms with Crippen LogP contribution in [-0.2, 0) is 9.59 Å². The highest BCUT2D eigenvalue weighted by molar-refractivity contribution is 6.04. The van der Waals surface area contributed by atoms with Crippen molar-refractivity contribution in [2.75, 3.05) is 17.7 Å². The van der Waals surface area contributed by atoms with Crippen LogP contribution in [0.15, 0.2) is 41.0 Å². The first-order valence-corrected chi connectivity index (χ1v) is 8.32. The number of hydrogen-bond donors (Lipinski definition) is 3. The summed E-state index contributed by atoms with van der Waals surface area (Å²) in [6.07, 6.45) is 1.40. The summed E-state index contributed by atoms with van der Waals surface area (Å²) in [4.78, 5) is 35.8. The fourth-order valence-corrected chi connectivity index (χ4v) is 3.27. The number of amides is 2. The predicted octanol–water partition coefficient (Wildman–Crippen LogP) is 2.84. The SMILES string of the molecule is COc1cc(NC(=O)[C@@H]2[C@@H](C(=O)O)C2(C)C)ccc1NC(=O)c1ccco1. The van der Waals surface area contributed by atoms with Gasteiger partial charge >= 0.3 is 5.97 Å². The first-order chi connectivity index (χ1) is 12.8. The fraction of sp³-hybridized carbons (Fsp3) is 0.316. The number of hydrogen-bond acceptors (Lipinski definition) is 5. The maximum absolute atomic E-state index is 12.4. The third-order valence-electron chi connectivity index (χ3n) is 4.84. The highest BCUT2D eigenvalue weighted by Gasteiger charge is 2.65. The summed E-state index contributed by atoms with van der Waals surface area (Å²) in [5.41, 5.74) is 0.267. The van der Waals surface area contributed by atoms with Gasteiger partial charge < -0.3 is 24.9 Å². The van der Waals surface area contributed by atoms with Gasteiger partial charge in [0.25, 0.3) is 5.91 Å². The lowest BCUT2D eigenvalue weighted by Gasteiger charge is -2.12. The number of methoxy groups -OCH3 is 1. The Labute approximate surface area is 155 Å². The highest BCUT2D eigenvalue weighted by Crippen LogP contribution is 2.58. The Hall–Kier alpha value is -3.29. The molecule has 3 N–H and O–H groups in total. The summed E-state index contributed by atoms with van der Waals surface area (Å²) in [5, 5.41) is 14.6. The Morgan fingerprint density at radius 1 is 1.15 bits per heavy atom. The zero-order chi connectivity index (χ0) is 19.8. The maximum Gasteiger partial charge on any atom is 0.307 e. The van der Waals surface area contributed by atoms with Gasteiger partial charge in [0.15, 0.2) is 5.76 Å². The smallest absolute Gasteiger partial charge is 0.307 e. The number of anilines is 2. The summed E-state index contributed by atoms with van der Waals surface area (Å²) in [7, 11) is 1.44. The van der Waals surface area contributed by atoms with Gasteiger partial charge in [0.2, 0.25) is 5.91 Å². The summed E-state index contributed by atoms with van der Waals surface area (Å²) < 4.78 is 10.3. The molecule has 8 nitrogen and oxygen atoms in total. The summed E-state index contributed by atoms with van der Waals surface area (Å²) in [6.45, 7) is 3.51. The molecule has 1 aromatic heterocycles. The molecular weight excluding hydrogens is 352 g/mol. The number of ether oxygens (including phenoxy) is 1. The summed E-state index contributed by atoms with van der Waals surface area (Å²) >= 11 is 0. The van der Waals surface area contributed by atoms with Gasteiger partial charge in [-0.3, -0.25) is 14.4 Å². The quantitative estimate of drug-likeness (QED) is 0.718. The number of nitrogens with one attached hydrogen (secondary N) is 2. The Morgan fingerprint density at radius 3 is 2.44 bits per heavy atom. The normalized spacial score (nSPS) is 19.8. The molecule has 27 heavy (non-hydrogen) atoms. The van der Waals surface area contributed by atoms with Crippen molar-refractivity contribution in [1.29, 1.82) is 0 Å². The van der Waals surface area contributed by atoms with Crippen molar-refractivity contribution in [2.45, 2.75) is 13.8 Å². The Kier molecular flexibility index (Phi) is 4.65. The highest BCUT2D eigenvalue weighted by atomic mass is 16.5. The molecule has 2 aromatic rings. The molecule has 2 atom stereocenters. The molecule has 8 heteroatoms. The molecule has 2 amide bonds. The van der Waals surface area contributed by atoms with E-state index in [2.05, 4.69) is 10.6 Å². The van der Waals surface area contributed by atoms with Gasteiger partial charge in [0.05, 0.1) is 30.9 Å². The Balaban J connectivity index is 1.72. The lowest BCUT2D eigenvalue weighted by atomic mass is 10.1. The van der Waals surface area contributed by atoms with E-state index in [0.29, 0.717) is 17.1 Å². The van der Waals surface area contributed by atoms with E-state index in [0.717, 1.165) is 0 Å². The molecule has 0 aliphatic heterocycles. The van der Waals surface area contributed by atoms with Crippen LogP contribution in [0.3, 0.4) is 0 Å². The van der Waals surface area contributed by atoms with Gasteiger partial charge in [-0.2, -0.15) is 0 Å². The first-order valence-electron chi connectivity index (χ1n) is 8.32. The van der Waals surface area contributed by atoms with Crippen molar-refractivity contribution in [3.05, 3.63) is 42.4 Å². The molecule has 0 radical (unpaired) electrons. The summed E-state index contributed by atoms with van der Waals surface area (Å²) in [5.74, 6) is -2.57. The van der Waals surface area contributed by atoms with E-state index in [-0.39, 0.29) is 11.7 Å². The maximum atomic E-state index is 12.4. The lowest BCUT2D eigenvalue weighted by Crippen LogP contribution is -2.18. The van der Waals surface area contributed by atoms with Crippen molar-refractivity contribution in [3.8, 4) is 5.75 Å². The molecule has 1 heterocycles. The number of carbonyl (C=O) groups excluding carboxylic acids is 2. The number of aliphatic carboxylic acids is 1. The average molecular weight is 372 g/mol. The van der Waals surface area contributed by atoms with E-state index in [4.69, 9.17) is 9.15 Å². The van der Waals surface area contributed by atoms with Gasteiger partial charge in [0, 0.05) is 11.8 Å². The van der Waals surface area contributed by atoms with Gasteiger partial charge in [-0.05, 0) is 29.7 Å². The molecule has 0 unspecified atom stereocenters. The largest absolute Gasteiger partial charge is 0.494 e. The second kappa shape index (κ2) is 6.79. The van der Waals surface area contributed by atoms with Gasteiger partial charge in [0.1, 0.15) is 5.75 Å². The topological polar surface area (TPSA) is 118 Å². The van der Waals surface area contributed by atoms with Crippen LogP contribution in [0.5, 0.6) is 5.75 Å². The number of benzene rings is 1. The van der Waals surface area contributed by atoms with Crippen LogP contribution in [0.1, 0.15) is 24.4 Å². The number of carbonyl (C=O) groups is 3.